The van der Waals surface area contributed by atoms with Crippen molar-refractivity contribution in [3.8, 4) is 0 Å². The Morgan fingerprint density at radius 1 is 1.02 bits per heavy atom. The molecule has 1 unspecified atom stereocenters. The number of ether oxygens (including phenoxy) is 2. The first kappa shape index (κ1) is 35.8. The Hall–Kier alpha value is -3.05. The zero-order valence-electron chi connectivity index (χ0n) is 28.0. The molecule has 1 saturated heterocycles. The van der Waals surface area contributed by atoms with Crippen molar-refractivity contribution in [1.29, 1.82) is 0 Å². The van der Waals surface area contributed by atoms with E-state index in [9.17, 15) is 23.1 Å². The number of fused-ring (bicyclic) bond motifs is 1. The number of nitrogens with one attached hydrogen (secondary N) is 1. The predicted octanol–water partition coefficient (Wildman–Crippen LogP) is 6.12. The normalized spacial score (nSPS) is 17.5. The first-order chi connectivity index (χ1) is 21.5. The summed E-state index contributed by atoms with van der Waals surface area (Å²) in [4.78, 5) is 29.6. The van der Waals surface area contributed by atoms with Gasteiger partial charge in [-0.2, -0.15) is 0 Å². The van der Waals surface area contributed by atoms with Crippen molar-refractivity contribution >= 4 is 49.2 Å². The topological polar surface area (TPSA) is 140 Å². The summed E-state index contributed by atoms with van der Waals surface area (Å²) in [7, 11) is -6.61. The molecule has 3 aromatic rings. The van der Waals surface area contributed by atoms with Crippen LogP contribution in [0.25, 0.3) is 11.0 Å². The highest BCUT2D eigenvalue weighted by atomic mass is 32.2. The fourth-order valence-corrected chi connectivity index (χ4v) is 8.79. The second-order valence-electron chi connectivity index (χ2n) is 14.5. The number of carbonyl (C=O) groups is 2. The van der Waals surface area contributed by atoms with Gasteiger partial charge in [0.15, 0.2) is 0 Å². The molecule has 4 rings (SSSR count). The van der Waals surface area contributed by atoms with Crippen LogP contribution in [0.1, 0.15) is 40.2 Å². The Bertz CT molecular complexity index is 1660. The third-order valence-corrected chi connectivity index (χ3v) is 13.6. The van der Waals surface area contributed by atoms with Gasteiger partial charge in [0, 0.05) is 35.8 Å². The molecule has 0 spiro atoms. The maximum Gasteiger partial charge on any atom is 0.405 e. The number of hydrogen-bond donors (Lipinski definition) is 2. The maximum atomic E-state index is 13.4. The molecule has 2 amide bonds. The highest BCUT2D eigenvalue weighted by molar-refractivity contribution is 7.90. The molecule has 46 heavy (non-hydrogen) atoms. The molecular weight excluding hydrogens is 641 g/mol. The van der Waals surface area contributed by atoms with Crippen molar-refractivity contribution < 1.29 is 32.6 Å². The summed E-state index contributed by atoms with van der Waals surface area (Å²) < 4.78 is 41.3. The van der Waals surface area contributed by atoms with E-state index in [0.29, 0.717) is 30.2 Å². The molecule has 0 radical (unpaired) electrons. The third-order valence-electron chi connectivity index (χ3n) is 8.14. The molecule has 1 fully saturated rings. The standard InChI is InChI=1S/C32H48N4O7SSi2/c1-23-18-24(12-13-25(23)29-20-30(37)36(44(29,40)41)22-43-15-17-46(5,6)7)19-27(34-32(38)39)31-33-26-10-8-9-11-28(26)35(31)21-42-14-16-45(2,3)4/h8-13,18,27,29,34H,14-17,19-22H2,1-7H3,(H,38,39)/t27-,29?/m0/s1. The molecule has 252 valence electrons. The first-order valence-electron chi connectivity index (χ1n) is 15.7. The second-order valence-corrected chi connectivity index (χ2v) is 27.7. The number of amides is 2. The van der Waals surface area contributed by atoms with Gasteiger partial charge in [0.05, 0.1) is 23.5 Å². The number of carbonyl (C=O) groups excluding carboxylic acids is 1. The van der Waals surface area contributed by atoms with Crippen LogP contribution < -0.4 is 5.32 Å². The van der Waals surface area contributed by atoms with Crippen molar-refractivity contribution in [2.24, 2.45) is 0 Å². The zero-order valence-corrected chi connectivity index (χ0v) is 30.8. The summed E-state index contributed by atoms with van der Waals surface area (Å²) in [6.07, 6.45) is -1.05. The number of para-hydroxylation sites is 2. The van der Waals surface area contributed by atoms with Crippen molar-refractivity contribution in [3.63, 3.8) is 0 Å². The number of carboxylic acid groups (broad SMARTS) is 1. The van der Waals surface area contributed by atoms with Gasteiger partial charge in [-0.15, -0.1) is 0 Å². The van der Waals surface area contributed by atoms with Crippen molar-refractivity contribution in [2.45, 2.75) is 89.2 Å². The molecule has 2 aromatic carbocycles. The molecule has 2 heterocycles. The molecule has 2 N–H and O–H groups in total. The molecule has 11 nitrogen and oxygen atoms in total. The summed E-state index contributed by atoms with van der Waals surface area (Å²) >= 11 is 0. The lowest BCUT2D eigenvalue weighted by molar-refractivity contribution is -0.128. The predicted molar refractivity (Wildman–Crippen MR) is 185 cm³/mol. The number of hydrogen-bond acceptors (Lipinski definition) is 7. The van der Waals surface area contributed by atoms with E-state index in [4.69, 9.17) is 14.5 Å². The Balaban J connectivity index is 1.55. The average Bonchev–Trinajstić information content (AvgIpc) is 3.41. The lowest BCUT2D eigenvalue weighted by atomic mass is 9.97. The number of nitrogens with zero attached hydrogens (tertiary/aromatic N) is 3. The summed E-state index contributed by atoms with van der Waals surface area (Å²) in [6, 6.07) is 14.2. The van der Waals surface area contributed by atoms with Gasteiger partial charge >= 0.3 is 6.09 Å². The van der Waals surface area contributed by atoms with Crippen molar-refractivity contribution in [1.82, 2.24) is 19.2 Å². The molecule has 0 aliphatic carbocycles. The van der Waals surface area contributed by atoms with Crippen molar-refractivity contribution in [2.75, 3.05) is 19.9 Å². The smallest absolute Gasteiger partial charge is 0.405 e. The maximum absolute atomic E-state index is 13.4. The molecule has 14 heteroatoms. The first-order valence-corrected chi connectivity index (χ1v) is 24.6. The average molecular weight is 689 g/mol. The minimum absolute atomic E-state index is 0.148. The Labute approximate surface area is 274 Å². The van der Waals surface area contributed by atoms with Crippen LogP contribution in [-0.2, 0) is 37.4 Å². The van der Waals surface area contributed by atoms with Gasteiger partial charge in [0.2, 0.25) is 15.9 Å². The van der Waals surface area contributed by atoms with E-state index in [1.165, 1.54) is 0 Å². The minimum atomic E-state index is -3.95. The van der Waals surface area contributed by atoms with Crippen LogP contribution in [-0.4, -0.2) is 75.5 Å². The van der Waals surface area contributed by atoms with Crippen LogP contribution in [0.3, 0.4) is 0 Å². The fraction of sp³-hybridized carbons (Fsp3) is 0.531. The van der Waals surface area contributed by atoms with E-state index < -0.39 is 49.5 Å². The largest absolute Gasteiger partial charge is 0.465 e. The number of rotatable bonds is 15. The van der Waals surface area contributed by atoms with Crippen LogP contribution in [0, 0.1) is 6.92 Å². The Morgan fingerprint density at radius 2 is 1.65 bits per heavy atom. The minimum Gasteiger partial charge on any atom is -0.465 e. The van der Waals surface area contributed by atoms with Crippen LogP contribution in [0.4, 0.5) is 4.79 Å². The lowest BCUT2D eigenvalue weighted by Crippen LogP contribution is -2.33. The molecule has 1 aromatic heterocycles. The number of aryl methyl sites for hydroxylation is 1. The molecule has 1 aliphatic rings. The van der Waals surface area contributed by atoms with Gasteiger partial charge in [-0.25, -0.2) is 22.5 Å². The molecule has 0 bridgehead atoms. The number of aromatic nitrogens is 2. The van der Waals surface area contributed by atoms with Crippen LogP contribution in [0.5, 0.6) is 0 Å². The van der Waals surface area contributed by atoms with E-state index in [-0.39, 0.29) is 26.3 Å². The highest BCUT2D eigenvalue weighted by Crippen LogP contribution is 2.38. The van der Waals surface area contributed by atoms with E-state index >= 15 is 0 Å². The van der Waals surface area contributed by atoms with E-state index in [0.717, 1.165) is 33.0 Å². The molecule has 2 atom stereocenters. The summed E-state index contributed by atoms with van der Waals surface area (Å²) in [5, 5.41) is 11.4. The molecule has 0 saturated carbocycles. The highest BCUT2D eigenvalue weighted by Gasteiger charge is 2.46. The fourth-order valence-electron chi connectivity index (χ4n) is 5.45. The summed E-state index contributed by atoms with van der Waals surface area (Å²) in [5.74, 6) is 0.0604. The number of sulfonamides is 1. The number of benzene rings is 2. The van der Waals surface area contributed by atoms with Gasteiger partial charge < -0.3 is 24.5 Å². The van der Waals surface area contributed by atoms with Gasteiger partial charge in [-0.3, -0.25) is 4.79 Å². The van der Waals surface area contributed by atoms with E-state index in [1.54, 1.807) is 12.1 Å². The third kappa shape index (κ3) is 9.06. The van der Waals surface area contributed by atoms with Crippen LogP contribution >= 0.6 is 0 Å². The zero-order chi connectivity index (χ0) is 33.9. The SMILES string of the molecule is Cc1cc(C[C@H](NC(=O)O)c2nc3ccccc3n2COCC[Si](C)(C)C)ccc1C1CC(=O)N(COCC[Si](C)(C)C)S1(=O)=O. The quantitative estimate of drug-likeness (QED) is 0.144. The van der Waals surface area contributed by atoms with Gasteiger partial charge in [0.25, 0.3) is 0 Å². The van der Waals surface area contributed by atoms with Crippen molar-refractivity contribution in [3.05, 3.63) is 65.0 Å². The van der Waals surface area contributed by atoms with Gasteiger partial charge in [-0.05, 0) is 47.8 Å². The second kappa shape index (κ2) is 14.4. The lowest BCUT2D eigenvalue weighted by Gasteiger charge is -2.21. The van der Waals surface area contributed by atoms with Crippen LogP contribution in [0.2, 0.25) is 51.4 Å². The molecular formula is C32H48N4O7SSi2. The summed E-state index contributed by atoms with van der Waals surface area (Å²) in [6.45, 7) is 16.3. The van der Waals surface area contributed by atoms with Crippen LogP contribution in [0.15, 0.2) is 42.5 Å². The van der Waals surface area contributed by atoms with E-state index in [1.807, 2.05) is 41.8 Å². The van der Waals surface area contributed by atoms with Gasteiger partial charge in [-0.1, -0.05) is 69.6 Å². The van der Waals surface area contributed by atoms with Gasteiger partial charge in [0.1, 0.15) is 24.5 Å². The Morgan fingerprint density at radius 3 is 2.26 bits per heavy atom. The molecule has 1 aliphatic heterocycles. The Kier molecular flexibility index (Phi) is 11.2. The van der Waals surface area contributed by atoms with E-state index in [2.05, 4.69) is 44.6 Å². The monoisotopic (exact) mass is 688 g/mol. The number of imidazole rings is 1. The summed E-state index contributed by atoms with van der Waals surface area (Å²) in [5.41, 5.74) is 3.64.